The first kappa shape index (κ1) is 19.7. The van der Waals surface area contributed by atoms with E-state index in [9.17, 15) is 4.79 Å². The summed E-state index contributed by atoms with van der Waals surface area (Å²) in [5.74, 6) is 1.38. The van der Waals surface area contributed by atoms with E-state index < -0.39 is 5.25 Å². The molecule has 1 atom stereocenters. The Hall–Kier alpha value is -3.65. The number of anilines is 1. The predicted molar refractivity (Wildman–Crippen MR) is 117 cm³/mol. The molecule has 4 rings (SSSR count). The van der Waals surface area contributed by atoms with Crippen molar-refractivity contribution in [3.63, 3.8) is 0 Å². The molecule has 0 fully saturated rings. The maximum absolute atomic E-state index is 13.0. The van der Waals surface area contributed by atoms with Gasteiger partial charge in [0.05, 0.1) is 0 Å². The fourth-order valence-electron chi connectivity index (χ4n) is 2.75. The lowest BCUT2D eigenvalue weighted by Crippen LogP contribution is -2.19. The van der Waals surface area contributed by atoms with Crippen LogP contribution in [0.25, 0.3) is 12.2 Å². The zero-order valence-electron chi connectivity index (χ0n) is 16.1. The first-order chi connectivity index (χ1) is 14.7. The highest BCUT2D eigenvalue weighted by Gasteiger charge is 2.24. The topological polar surface area (TPSA) is 96.7 Å². The smallest absolute Gasteiger partial charge is 0.243 e. The summed E-state index contributed by atoms with van der Waals surface area (Å²) >= 11 is 1.26. The van der Waals surface area contributed by atoms with E-state index in [0.717, 1.165) is 11.1 Å². The Morgan fingerprint density at radius 2 is 1.83 bits per heavy atom. The summed E-state index contributed by atoms with van der Waals surface area (Å²) in [5.41, 5.74) is 1.90. The molecule has 7 nitrogen and oxygen atoms in total. The van der Waals surface area contributed by atoms with Gasteiger partial charge in [-0.1, -0.05) is 83.7 Å². The Morgan fingerprint density at radius 3 is 2.53 bits per heavy atom. The quantitative estimate of drug-likeness (QED) is 0.422. The van der Waals surface area contributed by atoms with Crippen LogP contribution in [-0.2, 0) is 4.79 Å². The average Bonchev–Trinajstić information content (AvgIpc) is 3.40. The van der Waals surface area contributed by atoms with Gasteiger partial charge in [0, 0.05) is 6.07 Å². The second kappa shape index (κ2) is 9.23. The summed E-state index contributed by atoms with van der Waals surface area (Å²) in [4.78, 5) is 17.4. The van der Waals surface area contributed by atoms with Crippen molar-refractivity contribution in [2.75, 3.05) is 5.32 Å². The van der Waals surface area contributed by atoms with E-state index in [1.807, 2.05) is 72.8 Å². The molecule has 1 amide bonds. The molecule has 0 saturated heterocycles. The summed E-state index contributed by atoms with van der Waals surface area (Å²) in [5, 5.41) is 13.7. The minimum atomic E-state index is -0.551. The summed E-state index contributed by atoms with van der Waals surface area (Å²) < 4.78 is 5.03. The first-order valence-corrected chi connectivity index (χ1v) is 10.2. The van der Waals surface area contributed by atoms with Crippen LogP contribution in [0.15, 0.2) is 76.4 Å². The van der Waals surface area contributed by atoms with Crippen molar-refractivity contribution >= 4 is 35.6 Å². The van der Waals surface area contributed by atoms with Crippen LogP contribution in [-0.4, -0.2) is 26.2 Å². The Bertz CT molecular complexity index is 1140. The van der Waals surface area contributed by atoms with Crippen molar-refractivity contribution in [3.05, 3.63) is 89.4 Å². The number of aromatic nitrogens is 4. The molecule has 0 spiro atoms. The molecule has 2 aromatic carbocycles. The van der Waals surface area contributed by atoms with Gasteiger partial charge in [0.2, 0.25) is 11.1 Å². The van der Waals surface area contributed by atoms with Gasteiger partial charge in [-0.05, 0) is 24.1 Å². The highest BCUT2D eigenvalue weighted by Crippen LogP contribution is 2.34. The van der Waals surface area contributed by atoms with Gasteiger partial charge in [-0.25, -0.2) is 4.98 Å². The van der Waals surface area contributed by atoms with E-state index >= 15 is 0 Å². The van der Waals surface area contributed by atoms with Crippen molar-refractivity contribution in [2.45, 2.75) is 17.3 Å². The number of thioether (sulfide) groups is 1. The number of rotatable bonds is 7. The number of nitrogens with one attached hydrogen (secondary N) is 2. The fourth-order valence-corrected chi connectivity index (χ4v) is 3.67. The van der Waals surface area contributed by atoms with Crippen LogP contribution in [0.4, 0.5) is 5.82 Å². The lowest BCUT2D eigenvalue weighted by atomic mass is 10.1. The normalized spacial score (nSPS) is 12.2. The third kappa shape index (κ3) is 5.03. The lowest BCUT2D eigenvalue weighted by Gasteiger charge is -2.14. The Balaban J connectivity index is 1.51. The van der Waals surface area contributed by atoms with Crippen molar-refractivity contribution in [3.8, 4) is 0 Å². The highest BCUT2D eigenvalue weighted by atomic mass is 32.2. The number of aromatic amines is 1. The predicted octanol–water partition coefficient (Wildman–Crippen LogP) is 4.74. The maximum Gasteiger partial charge on any atom is 0.243 e. The molecule has 30 heavy (non-hydrogen) atoms. The number of hydrogen-bond acceptors (Lipinski definition) is 6. The number of benzene rings is 2. The molecular weight excluding hydrogens is 398 g/mol. The van der Waals surface area contributed by atoms with Crippen LogP contribution < -0.4 is 5.32 Å². The standard InChI is InChI=1S/C22H19N5O2S/c1-15-14-19(27-29-15)23-21(28)20(17-10-6-3-7-11-17)30-22-24-18(25-26-22)13-12-16-8-4-2-5-9-16/h2-14,20H,1H3,(H,23,27,28)(H,24,25,26). The van der Waals surface area contributed by atoms with Gasteiger partial charge in [0.1, 0.15) is 16.8 Å². The van der Waals surface area contributed by atoms with E-state index in [1.54, 1.807) is 13.0 Å². The number of nitrogens with zero attached hydrogens (tertiary/aromatic N) is 3. The van der Waals surface area contributed by atoms with Crippen LogP contribution in [0.5, 0.6) is 0 Å². The van der Waals surface area contributed by atoms with Crippen LogP contribution in [0.2, 0.25) is 0 Å². The molecule has 0 aliphatic carbocycles. The SMILES string of the molecule is Cc1cc(NC(=O)C(Sc2n[nH]c(C=Cc3ccccc3)n2)c2ccccc2)no1. The molecular formula is C22H19N5O2S. The highest BCUT2D eigenvalue weighted by molar-refractivity contribution is 8.00. The van der Waals surface area contributed by atoms with Crippen molar-refractivity contribution in [2.24, 2.45) is 0 Å². The minimum Gasteiger partial charge on any atom is -0.360 e. The largest absolute Gasteiger partial charge is 0.360 e. The van der Waals surface area contributed by atoms with Crippen molar-refractivity contribution in [1.29, 1.82) is 0 Å². The molecule has 4 aromatic rings. The van der Waals surface area contributed by atoms with E-state index in [2.05, 4.69) is 25.7 Å². The van der Waals surface area contributed by atoms with Crippen molar-refractivity contribution in [1.82, 2.24) is 20.3 Å². The van der Waals surface area contributed by atoms with E-state index in [-0.39, 0.29) is 5.91 Å². The third-order valence-electron chi connectivity index (χ3n) is 4.16. The summed E-state index contributed by atoms with van der Waals surface area (Å²) in [6.45, 7) is 1.77. The molecule has 0 aliphatic rings. The number of carbonyl (C=O) groups excluding carboxylic acids is 1. The average molecular weight is 417 g/mol. The Labute approximate surface area is 177 Å². The second-order valence-electron chi connectivity index (χ2n) is 6.47. The number of H-pyrrole nitrogens is 1. The Kier molecular flexibility index (Phi) is 6.05. The van der Waals surface area contributed by atoms with E-state index in [1.165, 1.54) is 11.8 Å². The van der Waals surface area contributed by atoms with Crippen LogP contribution in [0.3, 0.4) is 0 Å². The van der Waals surface area contributed by atoms with Gasteiger partial charge in [0.15, 0.2) is 5.82 Å². The molecule has 2 heterocycles. The van der Waals surface area contributed by atoms with Gasteiger partial charge in [-0.3, -0.25) is 9.89 Å². The molecule has 0 saturated carbocycles. The second-order valence-corrected chi connectivity index (χ2v) is 7.54. The van der Waals surface area contributed by atoms with Gasteiger partial charge in [0.25, 0.3) is 0 Å². The van der Waals surface area contributed by atoms with Crippen molar-refractivity contribution < 1.29 is 9.32 Å². The number of amides is 1. The Morgan fingerprint density at radius 1 is 1.10 bits per heavy atom. The molecule has 2 N–H and O–H groups in total. The first-order valence-electron chi connectivity index (χ1n) is 9.29. The molecule has 0 radical (unpaired) electrons. The molecule has 8 heteroatoms. The molecule has 0 bridgehead atoms. The summed E-state index contributed by atoms with van der Waals surface area (Å²) in [7, 11) is 0. The van der Waals surface area contributed by atoms with Crippen LogP contribution in [0, 0.1) is 6.92 Å². The monoisotopic (exact) mass is 417 g/mol. The summed E-state index contributed by atoms with van der Waals surface area (Å²) in [6.07, 6.45) is 3.80. The third-order valence-corrected chi connectivity index (χ3v) is 5.27. The fraction of sp³-hybridized carbons (Fsp3) is 0.0909. The van der Waals surface area contributed by atoms with Gasteiger partial charge in [-0.2, -0.15) is 0 Å². The zero-order valence-corrected chi connectivity index (χ0v) is 17.0. The van der Waals surface area contributed by atoms with Crippen LogP contribution in [0.1, 0.15) is 28.0 Å². The molecule has 150 valence electrons. The summed E-state index contributed by atoms with van der Waals surface area (Å²) in [6, 6.07) is 21.1. The van der Waals surface area contributed by atoms with Gasteiger partial charge >= 0.3 is 0 Å². The number of carbonyl (C=O) groups is 1. The van der Waals surface area contributed by atoms with Gasteiger partial charge < -0.3 is 9.84 Å². The minimum absolute atomic E-state index is 0.231. The van der Waals surface area contributed by atoms with E-state index in [4.69, 9.17) is 4.52 Å². The van der Waals surface area contributed by atoms with Crippen LogP contribution >= 0.6 is 11.8 Å². The number of aryl methyl sites for hydroxylation is 1. The van der Waals surface area contributed by atoms with E-state index in [0.29, 0.717) is 22.6 Å². The van der Waals surface area contributed by atoms with Gasteiger partial charge in [-0.15, -0.1) is 5.10 Å². The zero-order chi connectivity index (χ0) is 20.8. The lowest BCUT2D eigenvalue weighted by molar-refractivity contribution is -0.115. The molecule has 1 unspecified atom stereocenters. The molecule has 0 aliphatic heterocycles. The molecule has 2 aromatic heterocycles. The maximum atomic E-state index is 13.0. The number of hydrogen-bond donors (Lipinski definition) is 2.